The highest BCUT2D eigenvalue weighted by atomic mass is 32.1. The van der Waals surface area contributed by atoms with E-state index >= 15 is 0 Å². The summed E-state index contributed by atoms with van der Waals surface area (Å²) in [6.07, 6.45) is 3.52. The third kappa shape index (κ3) is 7.31. The molecule has 2 amide bonds. The molecule has 2 fully saturated rings. The molecule has 192 valence electrons. The lowest BCUT2D eigenvalue weighted by Gasteiger charge is -2.34. The van der Waals surface area contributed by atoms with E-state index in [1.54, 1.807) is 15.9 Å². The van der Waals surface area contributed by atoms with Crippen molar-refractivity contribution in [2.75, 3.05) is 37.7 Å². The zero-order valence-electron chi connectivity index (χ0n) is 21.6. The number of rotatable bonds is 6. The van der Waals surface area contributed by atoms with Crippen LogP contribution in [0.15, 0.2) is 6.07 Å². The Morgan fingerprint density at radius 2 is 1.83 bits per heavy atom. The van der Waals surface area contributed by atoms with Crippen LogP contribution < -0.4 is 4.90 Å². The van der Waals surface area contributed by atoms with Gasteiger partial charge in [-0.05, 0) is 58.4 Å². The van der Waals surface area contributed by atoms with Crippen molar-refractivity contribution in [3.05, 3.63) is 15.8 Å². The molecule has 2 heterocycles. The Balaban J connectivity index is 1.94. The maximum Gasteiger partial charge on any atom is 0.348 e. The highest BCUT2D eigenvalue weighted by Gasteiger charge is 2.34. The Labute approximate surface area is 212 Å². The van der Waals surface area contributed by atoms with Crippen LogP contribution in [-0.4, -0.2) is 60.6 Å². The molecule has 1 saturated heterocycles. The molecule has 1 aromatic rings. The van der Waals surface area contributed by atoms with Crippen LogP contribution in [0.3, 0.4) is 0 Å². The van der Waals surface area contributed by atoms with E-state index in [1.165, 1.54) is 0 Å². The molecule has 1 aliphatic heterocycles. The standard InChI is InChI=1S/C27H38N2O5S/c1-18-6-8-20(9-7-18)25(31)29(17-19(2)24(30)28-12-14-34-15-13-28)22-16-21(10-11-27(3,4)5)35-23(22)26(32)33/h16,18-20H,6-9,12-15,17H2,1-5H3,(H,32,33)/t18?,19-,20?/m0/s1. The third-order valence-corrected chi connectivity index (χ3v) is 7.62. The molecule has 0 radical (unpaired) electrons. The predicted molar refractivity (Wildman–Crippen MR) is 138 cm³/mol. The number of ether oxygens (including phenoxy) is 1. The van der Waals surface area contributed by atoms with Gasteiger partial charge in [0.15, 0.2) is 0 Å². The van der Waals surface area contributed by atoms with Gasteiger partial charge in [0.05, 0.1) is 29.7 Å². The van der Waals surface area contributed by atoms with Crippen molar-refractivity contribution in [2.24, 2.45) is 23.2 Å². The van der Waals surface area contributed by atoms with Gasteiger partial charge in [-0.15, -0.1) is 11.3 Å². The Morgan fingerprint density at radius 3 is 2.40 bits per heavy atom. The smallest absolute Gasteiger partial charge is 0.348 e. The van der Waals surface area contributed by atoms with Crippen LogP contribution in [-0.2, 0) is 14.3 Å². The summed E-state index contributed by atoms with van der Waals surface area (Å²) in [4.78, 5) is 43.1. The Kier molecular flexibility index (Phi) is 9.00. The van der Waals surface area contributed by atoms with E-state index in [-0.39, 0.29) is 34.6 Å². The molecule has 7 nitrogen and oxygen atoms in total. The number of hydrogen-bond donors (Lipinski definition) is 1. The van der Waals surface area contributed by atoms with Crippen molar-refractivity contribution in [2.45, 2.75) is 60.3 Å². The van der Waals surface area contributed by atoms with Crippen molar-refractivity contribution < 1.29 is 24.2 Å². The fraction of sp³-hybridized carbons (Fsp3) is 0.667. The zero-order valence-corrected chi connectivity index (χ0v) is 22.4. The first-order valence-corrected chi connectivity index (χ1v) is 13.4. The molecule has 35 heavy (non-hydrogen) atoms. The van der Waals surface area contributed by atoms with Crippen molar-refractivity contribution in [1.29, 1.82) is 0 Å². The highest BCUT2D eigenvalue weighted by molar-refractivity contribution is 7.15. The number of carbonyl (C=O) groups excluding carboxylic acids is 2. The fourth-order valence-corrected chi connectivity index (χ4v) is 5.38. The minimum absolute atomic E-state index is 0.0387. The van der Waals surface area contributed by atoms with Crippen LogP contribution in [0.4, 0.5) is 5.69 Å². The SMILES string of the molecule is CC1CCC(C(=O)N(C[C@H](C)C(=O)N2CCOCC2)c2cc(C#CC(C)(C)C)sc2C(=O)O)CC1. The maximum absolute atomic E-state index is 13.8. The largest absolute Gasteiger partial charge is 0.477 e. The van der Waals surface area contributed by atoms with Crippen LogP contribution in [0, 0.1) is 35.0 Å². The van der Waals surface area contributed by atoms with Crippen molar-refractivity contribution in [3.8, 4) is 11.8 Å². The molecule has 8 heteroatoms. The number of carboxylic acids is 1. The average molecular weight is 503 g/mol. The first-order valence-electron chi connectivity index (χ1n) is 12.5. The summed E-state index contributed by atoms with van der Waals surface area (Å²) in [7, 11) is 0. The molecule has 3 rings (SSSR count). The number of carboxylic acid groups (broad SMARTS) is 1. The topological polar surface area (TPSA) is 87.2 Å². The maximum atomic E-state index is 13.8. The van der Waals surface area contributed by atoms with Gasteiger partial charge in [-0.3, -0.25) is 9.59 Å². The zero-order chi connectivity index (χ0) is 25.8. The van der Waals surface area contributed by atoms with Crippen LogP contribution in [0.25, 0.3) is 0 Å². The molecule has 1 atom stereocenters. The summed E-state index contributed by atoms with van der Waals surface area (Å²) in [6.45, 7) is 12.2. The molecule has 1 aliphatic carbocycles. The van der Waals surface area contributed by atoms with Crippen LogP contribution in [0.2, 0.25) is 0 Å². The van der Waals surface area contributed by atoms with E-state index in [2.05, 4.69) is 18.8 Å². The van der Waals surface area contributed by atoms with Gasteiger partial charge < -0.3 is 19.6 Å². The Morgan fingerprint density at radius 1 is 1.20 bits per heavy atom. The molecule has 0 spiro atoms. The van der Waals surface area contributed by atoms with Gasteiger partial charge in [0.1, 0.15) is 4.88 Å². The van der Waals surface area contributed by atoms with E-state index in [9.17, 15) is 19.5 Å². The van der Waals surface area contributed by atoms with E-state index in [0.29, 0.717) is 42.8 Å². The normalized spacial score (nSPS) is 21.6. The molecular formula is C27H38N2O5S. The highest BCUT2D eigenvalue weighted by Crippen LogP contribution is 2.35. The van der Waals surface area contributed by atoms with Gasteiger partial charge in [-0.1, -0.05) is 25.7 Å². The molecule has 0 aromatic carbocycles. The summed E-state index contributed by atoms with van der Waals surface area (Å²) < 4.78 is 5.36. The van der Waals surface area contributed by atoms with E-state index in [1.807, 2.05) is 27.7 Å². The summed E-state index contributed by atoms with van der Waals surface area (Å²) in [5.74, 6) is 4.97. The van der Waals surface area contributed by atoms with Crippen molar-refractivity contribution in [3.63, 3.8) is 0 Å². The van der Waals surface area contributed by atoms with E-state index in [0.717, 1.165) is 37.0 Å². The number of carbonyl (C=O) groups is 3. The lowest BCUT2D eigenvalue weighted by molar-refractivity contribution is -0.138. The number of morpholine rings is 1. The second-order valence-corrected chi connectivity index (χ2v) is 11.9. The number of hydrogen-bond acceptors (Lipinski definition) is 5. The van der Waals surface area contributed by atoms with Crippen molar-refractivity contribution in [1.82, 2.24) is 4.90 Å². The fourth-order valence-electron chi connectivity index (χ4n) is 4.53. The molecule has 2 aliphatic rings. The van der Waals surface area contributed by atoms with Crippen LogP contribution in [0.1, 0.15) is 74.9 Å². The summed E-state index contributed by atoms with van der Waals surface area (Å²) in [5, 5.41) is 9.97. The summed E-state index contributed by atoms with van der Waals surface area (Å²) in [6, 6.07) is 1.71. The van der Waals surface area contributed by atoms with Gasteiger partial charge in [0, 0.05) is 31.0 Å². The minimum Gasteiger partial charge on any atom is -0.477 e. The van der Waals surface area contributed by atoms with Gasteiger partial charge in [0.2, 0.25) is 11.8 Å². The number of amides is 2. The van der Waals surface area contributed by atoms with Gasteiger partial charge >= 0.3 is 5.97 Å². The van der Waals surface area contributed by atoms with Crippen LogP contribution >= 0.6 is 11.3 Å². The number of anilines is 1. The van der Waals surface area contributed by atoms with Crippen LogP contribution in [0.5, 0.6) is 0 Å². The second-order valence-electron chi connectivity index (χ2n) is 10.9. The average Bonchev–Trinajstić information content (AvgIpc) is 3.25. The minimum atomic E-state index is -1.09. The quantitative estimate of drug-likeness (QED) is 0.579. The Hall–Kier alpha value is -2.37. The summed E-state index contributed by atoms with van der Waals surface area (Å²) >= 11 is 1.09. The third-order valence-electron chi connectivity index (χ3n) is 6.59. The van der Waals surface area contributed by atoms with Gasteiger partial charge in [-0.2, -0.15) is 0 Å². The number of thiophene rings is 1. The number of aromatic carboxylic acids is 1. The summed E-state index contributed by atoms with van der Waals surface area (Å²) in [5.41, 5.74) is 0.118. The molecule has 0 unspecified atom stereocenters. The first kappa shape index (κ1) is 27.2. The lowest BCUT2D eigenvalue weighted by Crippen LogP contribution is -2.48. The molecular weight excluding hydrogens is 464 g/mol. The van der Waals surface area contributed by atoms with Gasteiger partial charge in [0.25, 0.3) is 0 Å². The lowest BCUT2D eigenvalue weighted by atomic mass is 9.82. The molecule has 1 saturated carbocycles. The van der Waals surface area contributed by atoms with E-state index < -0.39 is 11.9 Å². The monoisotopic (exact) mass is 502 g/mol. The Bertz CT molecular complexity index is 985. The molecule has 1 N–H and O–H groups in total. The molecule has 1 aromatic heterocycles. The van der Waals surface area contributed by atoms with Gasteiger partial charge in [-0.25, -0.2) is 4.79 Å². The molecule has 0 bridgehead atoms. The second kappa shape index (κ2) is 11.6. The number of nitrogens with zero attached hydrogens (tertiary/aromatic N) is 2. The van der Waals surface area contributed by atoms with Crippen molar-refractivity contribution >= 4 is 34.8 Å². The first-order chi connectivity index (χ1) is 16.5. The predicted octanol–water partition coefficient (Wildman–Crippen LogP) is 4.50. The van der Waals surface area contributed by atoms with E-state index in [4.69, 9.17) is 4.74 Å².